The fraction of sp³-hybridized carbons (Fsp3) is 0. The highest BCUT2D eigenvalue weighted by atomic mass is 79.9. The van der Waals surface area contributed by atoms with Gasteiger partial charge in [0, 0.05) is 16.6 Å². The molecule has 2 aromatic rings. The Morgan fingerprint density at radius 3 is 2.86 bits per heavy atom. The Morgan fingerprint density at radius 1 is 1.43 bits per heavy atom. The number of rotatable bonds is 0. The number of halogens is 3. The van der Waals surface area contributed by atoms with Crippen LogP contribution in [-0.4, -0.2) is 0 Å². The van der Waals surface area contributed by atoms with Gasteiger partial charge in [0.25, 0.3) is 0 Å². The molecular formula is C9H4BrClFNO. The van der Waals surface area contributed by atoms with E-state index in [1.54, 1.807) is 0 Å². The standard InChI is InChI=1S/C9H4BrClFNO/c10-6-3-5(12)4-8-9(6)7(11)1-2-13(8)14/h1-4H. The molecule has 1 aromatic heterocycles. The van der Waals surface area contributed by atoms with Gasteiger partial charge in [-0.05, 0) is 22.0 Å². The summed E-state index contributed by atoms with van der Waals surface area (Å²) in [6.45, 7) is 0. The Morgan fingerprint density at radius 2 is 2.14 bits per heavy atom. The molecule has 0 spiro atoms. The summed E-state index contributed by atoms with van der Waals surface area (Å²) in [5.41, 5.74) is 0.212. The van der Waals surface area contributed by atoms with E-state index in [0.29, 0.717) is 19.6 Å². The SMILES string of the molecule is [O-][n+]1ccc(Cl)c2c(Br)cc(F)cc21. The highest BCUT2D eigenvalue weighted by molar-refractivity contribution is 9.10. The van der Waals surface area contributed by atoms with Crippen molar-refractivity contribution in [2.45, 2.75) is 0 Å². The summed E-state index contributed by atoms with van der Waals surface area (Å²) in [5.74, 6) is -0.476. The van der Waals surface area contributed by atoms with E-state index in [1.807, 2.05) is 0 Å². The van der Waals surface area contributed by atoms with Gasteiger partial charge in [0.05, 0.1) is 10.4 Å². The molecule has 0 radical (unpaired) electrons. The van der Waals surface area contributed by atoms with E-state index in [4.69, 9.17) is 11.6 Å². The third kappa shape index (κ3) is 1.44. The zero-order valence-corrected chi connectivity index (χ0v) is 9.14. The van der Waals surface area contributed by atoms with Gasteiger partial charge >= 0.3 is 0 Å². The lowest BCUT2D eigenvalue weighted by molar-refractivity contribution is -0.577. The number of benzene rings is 1. The smallest absolute Gasteiger partial charge is 0.229 e. The van der Waals surface area contributed by atoms with Crippen molar-refractivity contribution in [3.63, 3.8) is 0 Å². The van der Waals surface area contributed by atoms with Gasteiger partial charge in [-0.1, -0.05) is 11.6 Å². The summed E-state index contributed by atoms with van der Waals surface area (Å²) in [7, 11) is 0. The molecule has 0 bridgehead atoms. The van der Waals surface area contributed by atoms with Crippen molar-refractivity contribution in [2.24, 2.45) is 0 Å². The van der Waals surface area contributed by atoms with Gasteiger partial charge in [0.15, 0.2) is 6.20 Å². The molecule has 72 valence electrons. The highest BCUT2D eigenvalue weighted by Gasteiger charge is 2.12. The van der Waals surface area contributed by atoms with Crippen LogP contribution in [0.25, 0.3) is 10.9 Å². The fourth-order valence-electron chi connectivity index (χ4n) is 1.27. The van der Waals surface area contributed by atoms with Crippen molar-refractivity contribution < 1.29 is 9.12 Å². The molecule has 2 rings (SSSR count). The number of fused-ring (bicyclic) bond motifs is 1. The predicted molar refractivity (Wildman–Crippen MR) is 55.6 cm³/mol. The first kappa shape index (κ1) is 9.68. The Hall–Kier alpha value is -0.870. The first-order valence-corrected chi connectivity index (χ1v) is 4.93. The van der Waals surface area contributed by atoms with E-state index in [9.17, 15) is 9.60 Å². The van der Waals surface area contributed by atoms with Gasteiger partial charge < -0.3 is 5.21 Å². The Bertz CT molecular complexity index is 518. The lowest BCUT2D eigenvalue weighted by atomic mass is 10.2. The second-order valence-electron chi connectivity index (χ2n) is 2.77. The summed E-state index contributed by atoms with van der Waals surface area (Å²) in [5, 5.41) is 12.2. The third-order valence-corrected chi connectivity index (χ3v) is 2.81. The Labute approximate surface area is 92.6 Å². The summed E-state index contributed by atoms with van der Waals surface area (Å²) in [4.78, 5) is 0. The molecule has 0 amide bonds. The molecule has 0 atom stereocenters. The minimum absolute atomic E-state index is 0.212. The van der Waals surface area contributed by atoms with Gasteiger partial charge in [-0.25, -0.2) is 4.39 Å². The average Bonchev–Trinajstić information content (AvgIpc) is 2.10. The summed E-state index contributed by atoms with van der Waals surface area (Å²) < 4.78 is 14.0. The molecule has 0 aliphatic rings. The number of aromatic nitrogens is 1. The second kappa shape index (κ2) is 3.37. The monoisotopic (exact) mass is 275 g/mol. The van der Waals surface area contributed by atoms with Crippen LogP contribution in [-0.2, 0) is 0 Å². The number of hydrogen-bond acceptors (Lipinski definition) is 1. The first-order valence-electron chi connectivity index (χ1n) is 3.76. The molecule has 5 heteroatoms. The molecule has 1 heterocycles. The van der Waals surface area contributed by atoms with Crippen molar-refractivity contribution >= 4 is 38.4 Å². The molecule has 1 aromatic carbocycles. The molecule has 2 nitrogen and oxygen atoms in total. The van der Waals surface area contributed by atoms with Crippen LogP contribution in [0.15, 0.2) is 28.9 Å². The van der Waals surface area contributed by atoms with Crippen LogP contribution < -0.4 is 4.73 Å². The normalized spacial score (nSPS) is 10.8. The third-order valence-electron chi connectivity index (χ3n) is 1.87. The summed E-state index contributed by atoms with van der Waals surface area (Å²) in [6, 6.07) is 3.90. The molecule has 0 fully saturated rings. The maximum absolute atomic E-state index is 13.0. The van der Waals surface area contributed by atoms with Crippen LogP contribution in [0.2, 0.25) is 5.02 Å². The van der Waals surface area contributed by atoms with Gasteiger partial charge in [-0.3, -0.25) is 0 Å². The minimum atomic E-state index is -0.476. The maximum Gasteiger partial charge on any atom is 0.229 e. The van der Waals surface area contributed by atoms with Crippen LogP contribution in [0.1, 0.15) is 0 Å². The molecule has 0 unspecified atom stereocenters. The molecular weight excluding hydrogens is 272 g/mol. The Kier molecular flexibility index (Phi) is 2.33. The zero-order chi connectivity index (χ0) is 10.3. The molecule has 0 aliphatic carbocycles. The Balaban J connectivity index is 3.00. The topological polar surface area (TPSA) is 26.9 Å². The number of hydrogen-bond donors (Lipinski definition) is 0. The van der Waals surface area contributed by atoms with E-state index in [1.165, 1.54) is 18.3 Å². The summed E-state index contributed by atoms with van der Waals surface area (Å²) >= 11 is 9.04. The van der Waals surface area contributed by atoms with Crippen LogP contribution in [0, 0.1) is 11.0 Å². The van der Waals surface area contributed by atoms with Gasteiger partial charge in [0.1, 0.15) is 5.82 Å². The van der Waals surface area contributed by atoms with Crippen molar-refractivity contribution in [1.29, 1.82) is 0 Å². The lowest BCUT2D eigenvalue weighted by Gasteiger charge is -2.04. The van der Waals surface area contributed by atoms with E-state index in [-0.39, 0.29) is 5.52 Å². The van der Waals surface area contributed by atoms with Crippen LogP contribution in [0.3, 0.4) is 0 Å². The molecule has 0 N–H and O–H groups in total. The number of nitrogens with zero attached hydrogens (tertiary/aromatic N) is 1. The molecule has 14 heavy (non-hydrogen) atoms. The molecule has 0 aliphatic heterocycles. The van der Waals surface area contributed by atoms with Crippen LogP contribution in [0.5, 0.6) is 0 Å². The molecule has 0 saturated carbocycles. The van der Waals surface area contributed by atoms with Gasteiger partial charge in [0.2, 0.25) is 5.52 Å². The van der Waals surface area contributed by atoms with Crippen molar-refractivity contribution in [3.05, 3.63) is 44.9 Å². The number of pyridine rings is 1. The second-order valence-corrected chi connectivity index (χ2v) is 4.03. The van der Waals surface area contributed by atoms with E-state index in [0.717, 1.165) is 6.07 Å². The average molecular weight is 276 g/mol. The van der Waals surface area contributed by atoms with E-state index < -0.39 is 5.82 Å². The van der Waals surface area contributed by atoms with Gasteiger partial charge in [-0.2, -0.15) is 4.73 Å². The van der Waals surface area contributed by atoms with E-state index >= 15 is 0 Å². The van der Waals surface area contributed by atoms with Crippen molar-refractivity contribution in [2.75, 3.05) is 0 Å². The summed E-state index contributed by atoms with van der Waals surface area (Å²) in [6.07, 6.45) is 1.25. The van der Waals surface area contributed by atoms with Crippen LogP contribution >= 0.6 is 27.5 Å². The minimum Gasteiger partial charge on any atom is -0.618 e. The van der Waals surface area contributed by atoms with Crippen LogP contribution in [0.4, 0.5) is 4.39 Å². The first-order chi connectivity index (χ1) is 6.59. The maximum atomic E-state index is 13.0. The predicted octanol–water partition coefficient (Wildman–Crippen LogP) is 3.03. The fourth-order valence-corrected chi connectivity index (χ4v) is 2.27. The van der Waals surface area contributed by atoms with Crippen molar-refractivity contribution in [3.8, 4) is 0 Å². The zero-order valence-electron chi connectivity index (χ0n) is 6.80. The highest BCUT2D eigenvalue weighted by Crippen LogP contribution is 2.29. The quantitative estimate of drug-likeness (QED) is 0.537. The van der Waals surface area contributed by atoms with Crippen molar-refractivity contribution in [1.82, 2.24) is 0 Å². The largest absolute Gasteiger partial charge is 0.618 e. The lowest BCUT2D eigenvalue weighted by Crippen LogP contribution is -2.26. The van der Waals surface area contributed by atoms with E-state index in [2.05, 4.69) is 15.9 Å². The molecule has 0 saturated heterocycles. The van der Waals surface area contributed by atoms with Gasteiger partial charge in [-0.15, -0.1) is 0 Å².